The maximum absolute atomic E-state index is 13.6. The van der Waals surface area contributed by atoms with Crippen LogP contribution in [-0.2, 0) is 18.6 Å². The van der Waals surface area contributed by atoms with Crippen molar-refractivity contribution in [2.75, 3.05) is 0 Å². The predicted octanol–water partition coefficient (Wildman–Crippen LogP) is 4.31. The SMILES string of the molecule is Cc1nnc(CSc2nc3sc4c(c3c(=O)n2-c2ccccc2)CCCC4)o1. The molecular weight excluding hydrogens is 392 g/mol. The molecule has 1 aromatic carbocycles. The van der Waals surface area contributed by atoms with E-state index in [9.17, 15) is 4.79 Å². The minimum absolute atomic E-state index is 0.0137. The normalized spacial score (nSPS) is 13.8. The maximum Gasteiger partial charge on any atom is 0.267 e. The summed E-state index contributed by atoms with van der Waals surface area (Å²) in [6.07, 6.45) is 4.33. The zero-order chi connectivity index (χ0) is 19.1. The number of fused-ring (bicyclic) bond motifs is 3. The molecule has 0 atom stereocenters. The first-order chi connectivity index (χ1) is 13.7. The van der Waals surface area contributed by atoms with E-state index in [1.165, 1.54) is 28.6 Å². The third-order valence-electron chi connectivity index (χ3n) is 4.87. The number of benzene rings is 1. The number of thiophene rings is 1. The molecule has 0 bridgehead atoms. The van der Waals surface area contributed by atoms with E-state index in [1.54, 1.807) is 22.8 Å². The number of aromatic nitrogens is 4. The molecule has 4 aromatic rings. The van der Waals surface area contributed by atoms with Gasteiger partial charge in [0.05, 0.1) is 16.8 Å². The Kier molecular flexibility index (Phi) is 4.52. The molecule has 28 heavy (non-hydrogen) atoms. The van der Waals surface area contributed by atoms with Gasteiger partial charge in [0, 0.05) is 11.8 Å². The minimum atomic E-state index is 0.0137. The molecule has 0 N–H and O–H groups in total. The fourth-order valence-corrected chi connectivity index (χ4v) is 5.76. The lowest BCUT2D eigenvalue weighted by atomic mass is 9.97. The third-order valence-corrected chi connectivity index (χ3v) is 6.97. The van der Waals surface area contributed by atoms with E-state index in [4.69, 9.17) is 9.40 Å². The van der Waals surface area contributed by atoms with E-state index in [1.807, 2.05) is 30.3 Å². The second-order valence-corrected chi connectivity index (χ2v) is 8.79. The van der Waals surface area contributed by atoms with Crippen molar-refractivity contribution in [3.63, 3.8) is 0 Å². The zero-order valence-electron chi connectivity index (χ0n) is 15.3. The summed E-state index contributed by atoms with van der Waals surface area (Å²) in [4.78, 5) is 20.6. The summed E-state index contributed by atoms with van der Waals surface area (Å²) in [5.41, 5.74) is 2.04. The number of hydrogen-bond acceptors (Lipinski definition) is 7. The molecule has 3 heterocycles. The highest BCUT2D eigenvalue weighted by atomic mass is 32.2. The van der Waals surface area contributed by atoms with Crippen LogP contribution in [0.25, 0.3) is 15.9 Å². The Bertz CT molecular complexity index is 1210. The van der Waals surface area contributed by atoms with Crippen molar-refractivity contribution < 1.29 is 4.42 Å². The van der Waals surface area contributed by atoms with Crippen molar-refractivity contribution in [2.24, 2.45) is 0 Å². The Balaban J connectivity index is 1.67. The Morgan fingerprint density at radius 3 is 2.79 bits per heavy atom. The van der Waals surface area contributed by atoms with Gasteiger partial charge in [-0.3, -0.25) is 9.36 Å². The van der Waals surface area contributed by atoms with E-state index in [0.717, 1.165) is 35.2 Å². The average Bonchev–Trinajstić information content (AvgIpc) is 3.30. The van der Waals surface area contributed by atoms with Gasteiger partial charge in [-0.15, -0.1) is 21.5 Å². The lowest BCUT2D eigenvalue weighted by Crippen LogP contribution is -2.22. The van der Waals surface area contributed by atoms with Gasteiger partial charge in [0.25, 0.3) is 5.56 Å². The summed E-state index contributed by atoms with van der Waals surface area (Å²) in [5, 5.41) is 9.37. The molecule has 0 saturated carbocycles. The largest absolute Gasteiger partial charge is 0.425 e. The molecule has 0 unspecified atom stereocenters. The van der Waals surface area contributed by atoms with Gasteiger partial charge < -0.3 is 4.42 Å². The van der Waals surface area contributed by atoms with Crippen LogP contribution in [0.3, 0.4) is 0 Å². The molecule has 0 aliphatic heterocycles. The van der Waals surface area contributed by atoms with Crippen LogP contribution in [0.2, 0.25) is 0 Å². The average molecular weight is 411 g/mol. The first-order valence-electron chi connectivity index (χ1n) is 9.25. The summed E-state index contributed by atoms with van der Waals surface area (Å²) in [5.74, 6) is 1.53. The molecule has 5 rings (SSSR count). The van der Waals surface area contributed by atoms with Crippen molar-refractivity contribution in [2.45, 2.75) is 43.5 Å². The molecule has 1 aliphatic carbocycles. The Morgan fingerprint density at radius 2 is 2.00 bits per heavy atom. The second kappa shape index (κ2) is 7.18. The van der Waals surface area contributed by atoms with Gasteiger partial charge in [0.15, 0.2) is 5.16 Å². The maximum atomic E-state index is 13.6. The summed E-state index contributed by atoms with van der Waals surface area (Å²) < 4.78 is 7.20. The molecule has 3 aromatic heterocycles. The molecule has 0 radical (unpaired) electrons. The quantitative estimate of drug-likeness (QED) is 0.369. The van der Waals surface area contributed by atoms with Crippen LogP contribution < -0.4 is 5.56 Å². The number of para-hydroxylation sites is 1. The Hall–Kier alpha value is -2.45. The van der Waals surface area contributed by atoms with Gasteiger partial charge in [-0.05, 0) is 43.4 Å². The molecule has 8 heteroatoms. The molecule has 0 fully saturated rings. The fourth-order valence-electron chi connectivity index (χ4n) is 3.61. The highest BCUT2D eigenvalue weighted by Gasteiger charge is 2.23. The Morgan fingerprint density at radius 1 is 1.18 bits per heavy atom. The standard InChI is InChI=1S/C20H18N4O2S2/c1-12-22-23-16(26-12)11-27-20-21-18-17(14-9-5-6-10-15(14)28-18)19(25)24(20)13-7-3-2-4-8-13/h2-4,7-8H,5-6,9-11H2,1H3. The molecule has 0 spiro atoms. The number of hydrogen-bond donors (Lipinski definition) is 0. The number of thioether (sulfide) groups is 1. The van der Waals surface area contributed by atoms with E-state index < -0.39 is 0 Å². The first-order valence-corrected chi connectivity index (χ1v) is 11.1. The van der Waals surface area contributed by atoms with Crippen LogP contribution in [0.5, 0.6) is 0 Å². The number of rotatable bonds is 4. The van der Waals surface area contributed by atoms with Crippen LogP contribution >= 0.6 is 23.1 Å². The summed E-state index contributed by atoms with van der Waals surface area (Å²) in [7, 11) is 0. The van der Waals surface area contributed by atoms with E-state index in [0.29, 0.717) is 22.7 Å². The van der Waals surface area contributed by atoms with Crippen molar-refractivity contribution in [3.05, 3.63) is 62.9 Å². The van der Waals surface area contributed by atoms with Crippen molar-refractivity contribution in [1.29, 1.82) is 0 Å². The third kappa shape index (κ3) is 3.06. The zero-order valence-corrected chi connectivity index (χ0v) is 17.0. The van der Waals surface area contributed by atoms with Crippen LogP contribution in [0.1, 0.15) is 35.1 Å². The van der Waals surface area contributed by atoms with E-state index >= 15 is 0 Å². The van der Waals surface area contributed by atoms with Crippen LogP contribution in [0, 0.1) is 6.92 Å². The molecule has 1 aliphatic rings. The highest BCUT2D eigenvalue weighted by Crippen LogP contribution is 2.35. The predicted molar refractivity (Wildman–Crippen MR) is 110 cm³/mol. The van der Waals surface area contributed by atoms with Crippen LogP contribution in [0.15, 0.2) is 44.7 Å². The van der Waals surface area contributed by atoms with E-state index in [2.05, 4.69) is 10.2 Å². The van der Waals surface area contributed by atoms with Gasteiger partial charge in [-0.2, -0.15) is 0 Å². The molecular formula is C20H18N4O2S2. The smallest absolute Gasteiger partial charge is 0.267 e. The first kappa shape index (κ1) is 17.6. The van der Waals surface area contributed by atoms with Gasteiger partial charge in [-0.1, -0.05) is 30.0 Å². The topological polar surface area (TPSA) is 73.8 Å². The van der Waals surface area contributed by atoms with Crippen LogP contribution in [-0.4, -0.2) is 19.7 Å². The van der Waals surface area contributed by atoms with Crippen molar-refractivity contribution in [1.82, 2.24) is 19.7 Å². The van der Waals surface area contributed by atoms with Gasteiger partial charge >= 0.3 is 0 Å². The molecule has 0 saturated heterocycles. The van der Waals surface area contributed by atoms with Gasteiger partial charge in [0.2, 0.25) is 11.8 Å². The summed E-state index contributed by atoms with van der Waals surface area (Å²) in [6, 6.07) is 9.69. The lowest BCUT2D eigenvalue weighted by Gasteiger charge is -2.13. The fraction of sp³-hybridized carbons (Fsp3) is 0.300. The summed E-state index contributed by atoms with van der Waals surface area (Å²) in [6.45, 7) is 1.77. The summed E-state index contributed by atoms with van der Waals surface area (Å²) >= 11 is 3.11. The number of nitrogens with zero attached hydrogens (tertiary/aromatic N) is 4. The monoisotopic (exact) mass is 410 g/mol. The highest BCUT2D eigenvalue weighted by molar-refractivity contribution is 7.98. The Labute approximate surface area is 169 Å². The van der Waals surface area contributed by atoms with Crippen molar-refractivity contribution >= 4 is 33.3 Å². The van der Waals surface area contributed by atoms with E-state index in [-0.39, 0.29) is 5.56 Å². The lowest BCUT2D eigenvalue weighted by molar-refractivity contribution is 0.485. The second-order valence-electron chi connectivity index (χ2n) is 6.77. The number of aryl methyl sites for hydroxylation is 3. The molecule has 142 valence electrons. The van der Waals surface area contributed by atoms with Crippen LogP contribution in [0.4, 0.5) is 0 Å². The minimum Gasteiger partial charge on any atom is -0.425 e. The van der Waals surface area contributed by atoms with Crippen molar-refractivity contribution in [3.8, 4) is 5.69 Å². The molecule has 0 amide bonds. The van der Waals surface area contributed by atoms with Gasteiger partial charge in [-0.25, -0.2) is 4.98 Å². The molecule has 6 nitrogen and oxygen atoms in total. The van der Waals surface area contributed by atoms with Gasteiger partial charge in [0.1, 0.15) is 4.83 Å².